The molecule has 0 aliphatic carbocycles. The highest BCUT2D eigenvalue weighted by molar-refractivity contribution is 5.82. The molecule has 1 aromatic carbocycles. The van der Waals surface area contributed by atoms with Crippen molar-refractivity contribution in [3.05, 3.63) is 53.9 Å². The van der Waals surface area contributed by atoms with Gasteiger partial charge in [-0.2, -0.15) is 0 Å². The van der Waals surface area contributed by atoms with Crippen LogP contribution in [-0.2, 0) is 9.53 Å². The summed E-state index contributed by atoms with van der Waals surface area (Å²) in [5.41, 5.74) is 0.744. The van der Waals surface area contributed by atoms with Crippen LogP contribution < -0.4 is 0 Å². The smallest absolute Gasteiger partial charge is 0.330 e. The molecule has 0 saturated heterocycles. The predicted octanol–water partition coefficient (Wildman–Crippen LogP) is 2.96. The number of rotatable bonds is 4. The Kier molecular flexibility index (Phi) is 4.99. The van der Waals surface area contributed by atoms with Crippen LogP contribution in [0.3, 0.4) is 0 Å². The minimum absolute atomic E-state index is 0.281. The number of benzene rings is 1. The molecule has 0 bridgehead atoms. The van der Waals surface area contributed by atoms with Gasteiger partial charge in [-0.15, -0.1) is 0 Å². The van der Waals surface area contributed by atoms with E-state index in [0.29, 0.717) is 6.61 Å². The molecule has 0 aliphatic heterocycles. The maximum atomic E-state index is 12.8. The predicted molar refractivity (Wildman–Crippen MR) is 61.2 cm³/mol. The highest BCUT2D eigenvalue weighted by Gasteiger charge is 1.91. The summed E-state index contributed by atoms with van der Waals surface area (Å²) >= 11 is 0. The molecule has 0 spiro atoms. The van der Waals surface area contributed by atoms with Crippen molar-refractivity contribution >= 4 is 12.0 Å². The fourth-order valence-electron chi connectivity index (χ4n) is 1.10. The average Bonchev–Trinajstić information content (AvgIpc) is 2.25. The normalized spacial score (nSPS) is 11.1. The number of carbonyl (C=O) groups is 1. The van der Waals surface area contributed by atoms with Gasteiger partial charge >= 0.3 is 5.97 Å². The Morgan fingerprint density at radius 1 is 1.44 bits per heavy atom. The Bertz CT molecular complexity index is 408. The molecular formula is C13H13FO2. The summed E-state index contributed by atoms with van der Waals surface area (Å²) in [5, 5.41) is 0. The molecule has 1 rings (SSSR count). The largest absolute Gasteiger partial charge is 0.463 e. The van der Waals surface area contributed by atoms with E-state index in [-0.39, 0.29) is 11.8 Å². The second-order valence-electron chi connectivity index (χ2n) is 3.03. The van der Waals surface area contributed by atoms with Gasteiger partial charge in [0, 0.05) is 6.08 Å². The molecule has 0 amide bonds. The first kappa shape index (κ1) is 12.2. The van der Waals surface area contributed by atoms with Gasteiger partial charge in [0.25, 0.3) is 0 Å². The van der Waals surface area contributed by atoms with E-state index in [1.54, 1.807) is 37.3 Å². The van der Waals surface area contributed by atoms with Gasteiger partial charge in [0.2, 0.25) is 0 Å². The zero-order valence-corrected chi connectivity index (χ0v) is 9.02. The highest BCUT2D eigenvalue weighted by atomic mass is 19.1. The zero-order valence-electron chi connectivity index (χ0n) is 9.02. The summed E-state index contributed by atoms with van der Waals surface area (Å²) in [6.45, 7) is 2.10. The molecule has 3 heteroatoms. The summed E-state index contributed by atoms with van der Waals surface area (Å²) in [4.78, 5) is 10.9. The first-order valence-corrected chi connectivity index (χ1v) is 4.99. The topological polar surface area (TPSA) is 26.3 Å². The summed E-state index contributed by atoms with van der Waals surface area (Å²) in [5.74, 6) is -0.664. The minimum Gasteiger partial charge on any atom is -0.463 e. The Hall–Kier alpha value is -1.90. The van der Waals surface area contributed by atoms with Gasteiger partial charge in [-0.3, -0.25) is 0 Å². The monoisotopic (exact) mass is 220 g/mol. The summed E-state index contributed by atoms with van der Waals surface area (Å²) in [7, 11) is 0. The first-order chi connectivity index (χ1) is 7.72. The lowest BCUT2D eigenvalue weighted by molar-refractivity contribution is -0.137. The lowest BCUT2D eigenvalue weighted by Gasteiger charge is -1.93. The Morgan fingerprint density at radius 3 is 2.94 bits per heavy atom. The second-order valence-corrected chi connectivity index (χ2v) is 3.03. The number of hydrogen-bond donors (Lipinski definition) is 0. The third kappa shape index (κ3) is 4.55. The van der Waals surface area contributed by atoms with Crippen molar-refractivity contribution in [2.75, 3.05) is 6.61 Å². The van der Waals surface area contributed by atoms with Gasteiger partial charge < -0.3 is 4.74 Å². The number of ether oxygens (including phenoxy) is 1. The van der Waals surface area contributed by atoms with Crippen molar-refractivity contribution in [1.29, 1.82) is 0 Å². The molecule has 84 valence electrons. The van der Waals surface area contributed by atoms with E-state index in [1.807, 2.05) is 0 Å². The van der Waals surface area contributed by atoms with E-state index in [2.05, 4.69) is 0 Å². The van der Waals surface area contributed by atoms with Crippen molar-refractivity contribution < 1.29 is 13.9 Å². The fourth-order valence-corrected chi connectivity index (χ4v) is 1.10. The molecule has 0 aliphatic rings. The molecular weight excluding hydrogens is 207 g/mol. The Balaban J connectivity index is 2.52. The lowest BCUT2D eigenvalue weighted by atomic mass is 10.2. The van der Waals surface area contributed by atoms with E-state index >= 15 is 0 Å². The molecule has 0 fully saturated rings. The maximum absolute atomic E-state index is 12.8. The van der Waals surface area contributed by atoms with E-state index in [1.165, 1.54) is 18.2 Å². The molecule has 0 N–H and O–H groups in total. The van der Waals surface area contributed by atoms with E-state index in [0.717, 1.165) is 5.56 Å². The second kappa shape index (κ2) is 6.56. The third-order valence-electron chi connectivity index (χ3n) is 1.77. The molecule has 16 heavy (non-hydrogen) atoms. The molecule has 2 nitrogen and oxygen atoms in total. The zero-order chi connectivity index (χ0) is 11.8. The molecule has 0 atom stereocenters. The number of allylic oxidation sites excluding steroid dienone is 2. The van der Waals surface area contributed by atoms with Gasteiger partial charge in [-0.25, -0.2) is 9.18 Å². The SMILES string of the molecule is CCOC(=O)/C=C/C=C/c1cccc(F)c1. The van der Waals surface area contributed by atoms with Crippen LogP contribution in [0.5, 0.6) is 0 Å². The van der Waals surface area contributed by atoms with Crippen LogP contribution >= 0.6 is 0 Å². The molecule has 1 aromatic rings. The number of esters is 1. The summed E-state index contributed by atoms with van der Waals surface area (Å²) in [6.07, 6.45) is 6.24. The number of halogens is 1. The van der Waals surface area contributed by atoms with Gasteiger partial charge in [0.1, 0.15) is 5.82 Å². The standard InChI is InChI=1S/C13H13FO2/c1-2-16-13(15)9-4-3-6-11-7-5-8-12(14)10-11/h3-10H,2H2,1H3/b6-3+,9-4+. The van der Waals surface area contributed by atoms with Gasteiger partial charge in [0.15, 0.2) is 0 Å². The quantitative estimate of drug-likeness (QED) is 0.443. The molecule has 0 radical (unpaired) electrons. The molecule has 0 aromatic heterocycles. The van der Waals surface area contributed by atoms with Crippen LogP contribution in [0.4, 0.5) is 4.39 Å². The van der Waals surface area contributed by atoms with Gasteiger partial charge in [0.05, 0.1) is 6.61 Å². The van der Waals surface area contributed by atoms with Crippen molar-refractivity contribution in [3.63, 3.8) is 0 Å². The molecule has 0 unspecified atom stereocenters. The lowest BCUT2D eigenvalue weighted by Crippen LogP contribution is -1.98. The summed E-state index contributed by atoms with van der Waals surface area (Å²) < 4.78 is 17.5. The van der Waals surface area contributed by atoms with E-state index in [4.69, 9.17) is 4.74 Å². The van der Waals surface area contributed by atoms with Crippen LogP contribution in [0.25, 0.3) is 6.08 Å². The Morgan fingerprint density at radius 2 is 2.25 bits per heavy atom. The fraction of sp³-hybridized carbons (Fsp3) is 0.154. The van der Waals surface area contributed by atoms with Crippen LogP contribution in [0.15, 0.2) is 42.5 Å². The van der Waals surface area contributed by atoms with Gasteiger partial charge in [-0.1, -0.05) is 30.4 Å². The van der Waals surface area contributed by atoms with Crippen LogP contribution in [0.1, 0.15) is 12.5 Å². The van der Waals surface area contributed by atoms with Crippen molar-refractivity contribution in [1.82, 2.24) is 0 Å². The molecule has 0 heterocycles. The van der Waals surface area contributed by atoms with Gasteiger partial charge in [-0.05, 0) is 24.6 Å². The first-order valence-electron chi connectivity index (χ1n) is 4.99. The van der Waals surface area contributed by atoms with Crippen molar-refractivity contribution in [3.8, 4) is 0 Å². The summed E-state index contributed by atoms with van der Waals surface area (Å²) in [6, 6.07) is 6.20. The van der Waals surface area contributed by atoms with Crippen molar-refractivity contribution in [2.24, 2.45) is 0 Å². The van der Waals surface area contributed by atoms with Crippen molar-refractivity contribution in [2.45, 2.75) is 6.92 Å². The molecule has 0 saturated carbocycles. The van der Waals surface area contributed by atoms with E-state index < -0.39 is 0 Å². The van der Waals surface area contributed by atoms with Crippen LogP contribution in [0, 0.1) is 5.82 Å². The number of hydrogen-bond acceptors (Lipinski definition) is 2. The third-order valence-corrected chi connectivity index (χ3v) is 1.77. The maximum Gasteiger partial charge on any atom is 0.330 e. The average molecular weight is 220 g/mol. The Labute approximate surface area is 94.0 Å². The highest BCUT2D eigenvalue weighted by Crippen LogP contribution is 2.05. The van der Waals surface area contributed by atoms with Crippen LogP contribution in [-0.4, -0.2) is 12.6 Å². The number of carbonyl (C=O) groups excluding carboxylic acids is 1. The van der Waals surface area contributed by atoms with E-state index in [9.17, 15) is 9.18 Å². The minimum atomic E-state index is -0.383. The van der Waals surface area contributed by atoms with Crippen LogP contribution in [0.2, 0.25) is 0 Å².